The number of carbonyl (C=O) groups excluding carboxylic acids is 2. The topological polar surface area (TPSA) is 151 Å². The Kier molecular flexibility index (Phi) is 7.84. The molecule has 0 fully saturated rings. The van der Waals surface area contributed by atoms with Crippen LogP contribution in [-0.4, -0.2) is 54.6 Å². The summed E-state index contributed by atoms with van der Waals surface area (Å²) in [7, 11) is -4.51. The van der Waals surface area contributed by atoms with Crippen LogP contribution in [0.4, 0.5) is 29.3 Å². The lowest BCUT2D eigenvalue weighted by atomic mass is 9.85. The van der Waals surface area contributed by atoms with Crippen molar-refractivity contribution >= 4 is 45.0 Å². The smallest absolute Gasteiger partial charge is 0.411 e. The SMILES string of the molecule is CCn1cc(S(=O)(=O)N2C[C@@H](CC(C)(C)C(N)=O)Oc3ccc(N(C(=O)[O-])C(C)(C)C(F)(F)F)cc32)c(Cl)n1. The average Bonchev–Trinajstić information content (AvgIpc) is 3.18. The summed E-state index contributed by atoms with van der Waals surface area (Å²) in [6.45, 7) is 6.00. The number of benzene rings is 1. The molecule has 1 aromatic carbocycles. The molecular weight excluding hydrogens is 567 g/mol. The van der Waals surface area contributed by atoms with Gasteiger partial charge in [-0.2, -0.15) is 18.3 Å². The number of fused-ring (bicyclic) bond motifs is 1. The summed E-state index contributed by atoms with van der Waals surface area (Å²) in [5, 5.41) is 15.5. The Morgan fingerprint density at radius 3 is 2.36 bits per heavy atom. The van der Waals surface area contributed by atoms with Gasteiger partial charge in [-0.15, -0.1) is 0 Å². The second-order valence-electron chi connectivity index (χ2n) is 10.2. The Labute approximate surface area is 228 Å². The molecule has 11 nitrogen and oxygen atoms in total. The molecule has 16 heteroatoms. The molecule has 0 saturated heterocycles. The zero-order valence-corrected chi connectivity index (χ0v) is 23.3. The van der Waals surface area contributed by atoms with Gasteiger partial charge in [0, 0.05) is 23.8 Å². The molecule has 2 heterocycles. The quantitative estimate of drug-likeness (QED) is 0.493. The highest BCUT2D eigenvalue weighted by Gasteiger charge is 2.52. The number of amides is 2. The molecule has 2 amide bonds. The fourth-order valence-corrected chi connectivity index (χ4v) is 6.01. The van der Waals surface area contributed by atoms with Crippen LogP contribution >= 0.6 is 11.6 Å². The van der Waals surface area contributed by atoms with Gasteiger partial charge in [0.2, 0.25) is 5.91 Å². The van der Waals surface area contributed by atoms with Crippen molar-refractivity contribution in [1.82, 2.24) is 9.78 Å². The van der Waals surface area contributed by atoms with E-state index in [2.05, 4.69) is 5.10 Å². The molecule has 0 spiro atoms. The number of hydrogen-bond acceptors (Lipinski definition) is 7. The van der Waals surface area contributed by atoms with Crippen molar-refractivity contribution in [3.05, 3.63) is 29.5 Å². The van der Waals surface area contributed by atoms with E-state index in [4.69, 9.17) is 22.1 Å². The molecule has 39 heavy (non-hydrogen) atoms. The maximum absolute atomic E-state index is 13.8. The Balaban J connectivity index is 2.22. The van der Waals surface area contributed by atoms with Crippen LogP contribution in [0, 0.1) is 5.41 Å². The molecule has 0 saturated carbocycles. The number of ether oxygens (including phenoxy) is 1. The summed E-state index contributed by atoms with van der Waals surface area (Å²) in [6, 6.07) is 3.14. The number of sulfonamides is 1. The molecule has 1 aliphatic heterocycles. The molecule has 0 aliphatic carbocycles. The summed E-state index contributed by atoms with van der Waals surface area (Å²) in [4.78, 5) is 23.4. The van der Waals surface area contributed by atoms with Crippen LogP contribution in [0.2, 0.25) is 5.15 Å². The first-order valence-corrected chi connectivity index (χ1v) is 13.5. The molecule has 0 radical (unpaired) electrons. The fraction of sp³-hybridized carbons (Fsp3) is 0.522. The Morgan fingerprint density at radius 1 is 1.26 bits per heavy atom. The number of alkyl halides is 3. The van der Waals surface area contributed by atoms with E-state index in [0.29, 0.717) is 20.4 Å². The molecule has 2 N–H and O–H groups in total. The number of rotatable bonds is 8. The van der Waals surface area contributed by atoms with Gasteiger partial charge >= 0.3 is 6.18 Å². The Hall–Kier alpha value is -3.20. The summed E-state index contributed by atoms with van der Waals surface area (Å²) < 4.78 is 77.1. The number of nitrogens with zero attached hydrogens (tertiary/aromatic N) is 4. The summed E-state index contributed by atoms with van der Waals surface area (Å²) >= 11 is 6.12. The maximum Gasteiger partial charge on any atom is 0.411 e. The fourth-order valence-electron chi connectivity index (χ4n) is 4.06. The highest BCUT2D eigenvalue weighted by atomic mass is 35.5. The first-order valence-electron chi connectivity index (χ1n) is 11.7. The molecular formula is C23H28ClF3N5O6S-. The second-order valence-corrected chi connectivity index (χ2v) is 12.4. The van der Waals surface area contributed by atoms with E-state index in [9.17, 15) is 36.3 Å². The predicted octanol–water partition coefficient (Wildman–Crippen LogP) is 2.90. The lowest BCUT2D eigenvalue weighted by Gasteiger charge is -2.42. The van der Waals surface area contributed by atoms with Gasteiger partial charge in [-0.05, 0) is 45.4 Å². The van der Waals surface area contributed by atoms with Gasteiger partial charge in [0.1, 0.15) is 28.4 Å². The van der Waals surface area contributed by atoms with Crippen LogP contribution < -0.4 is 24.8 Å². The van der Waals surface area contributed by atoms with Crippen molar-refractivity contribution in [2.24, 2.45) is 11.1 Å². The molecule has 1 atom stereocenters. The first-order chi connectivity index (χ1) is 17.7. The third-order valence-corrected chi connectivity index (χ3v) is 8.72. The van der Waals surface area contributed by atoms with Gasteiger partial charge in [0.15, 0.2) is 5.15 Å². The van der Waals surface area contributed by atoms with Gasteiger partial charge in [0.25, 0.3) is 10.0 Å². The molecule has 0 unspecified atom stereocenters. The van der Waals surface area contributed by atoms with Crippen LogP contribution in [0.15, 0.2) is 29.3 Å². The predicted molar refractivity (Wildman–Crippen MR) is 134 cm³/mol. The van der Waals surface area contributed by atoms with Crippen LogP contribution in [0.3, 0.4) is 0 Å². The Bertz CT molecular complexity index is 1390. The zero-order chi connectivity index (χ0) is 29.7. The lowest BCUT2D eigenvalue weighted by molar-refractivity contribution is -0.254. The van der Waals surface area contributed by atoms with E-state index in [1.165, 1.54) is 10.9 Å². The molecule has 3 rings (SSSR count). The number of aromatic nitrogens is 2. The van der Waals surface area contributed by atoms with Crippen LogP contribution in [0.1, 0.15) is 41.0 Å². The Morgan fingerprint density at radius 2 is 1.87 bits per heavy atom. The van der Waals surface area contributed by atoms with Crippen LogP contribution in [0.25, 0.3) is 0 Å². The number of anilines is 2. The zero-order valence-electron chi connectivity index (χ0n) is 21.7. The normalized spacial score (nSPS) is 16.4. The minimum Gasteiger partial charge on any atom is -0.530 e. The summed E-state index contributed by atoms with van der Waals surface area (Å²) in [5.74, 6) is -0.742. The second kappa shape index (κ2) is 10.1. The van der Waals surface area contributed by atoms with E-state index in [-0.39, 0.29) is 32.8 Å². The molecule has 1 aromatic heterocycles. The van der Waals surface area contributed by atoms with E-state index in [1.807, 2.05) is 0 Å². The molecule has 216 valence electrons. The van der Waals surface area contributed by atoms with Crippen molar-refractivity contribution in [3.8, 4) is 5.75 Å². The lowest BCUT2D eigenvalue weighted by Crippen LogP contribution is -2.60. The third kappa shape index (κ3) is 5.60. The number of carboxylic acid groups (broad SMARTS) is 1. The number of aryl methyl sites for hydroxylation is 1. The van der Waals surface area contributed by atoms with Gasteiger partial charge in [0.05, 0.1) is 12.2 Å². The van der Waals surface area contributed by atoms with E-state index in [0.717, 1.165) is 22.5 Å². The van der Waals surface area contributed by atoms with Crippen molar-refractivity contribution in [2.45, 2.75) is 70.3 Å². The minimum absolute atomic E-state index is 0.0101. The minimum atomic E-state index is -5.00. The number of carbonyl (C=O) groups is 2. The van der Waals surface area contributed by atoms with Crippen molar-refractivity contribution in [1.29, 1.82) is 0 Å². The summed E-state index contributed by atoms with van der Waals surface area (Å²) in [6.07, 6.45) is -6.89. The maximum atomic E-state index is 13.8. The van der Waals surface area contributed by atoms with Crippen LogP contribution in [0.5, 0.6) is 5.75 Å². The molecule has 1 aliphatic rings. The highest BCUT2D eigenvalue weighted by Crippen LogP contribution is 2.45. The number of halogens is 4. The molecule has 0 bridgehead atoms. The van der Waals surface area contributed by atoms with Gasteiger partial charge in [-0.25, -0.2) is 8.42 Å². The summed E-state index contributed by atoms with van der Waals surface area (Å²) in [5.41, 5.74) is 0.684. The first kappa shape index (κ1) is 30.3. The number of nitrogens with two attached hydrogens (primary N) is 1. The highest BCUT2D eigenvalue weighted by molar-refractivity contribution is 7.93. The monoisotopic (exact) mass is 594 g/mol. The van der Waals surface area contributed by atoms with Gasteiger partial charge in [-0.1, -0.05) is 25.4 Å². The van der Waals surface area contributed by atoms with E-state index in [1.54, 1.807) is 20.8 Å². The average molecular weight is 595 g/mol. The van der Waals surface area contributed by atoms with E-state index < -0.39 is 57.5 Å². The van der Waals surface area contributed by atoms with Crippen LogP contribution in [-0.2, 0) is 21.4 Å². The van der Waals surface area contributed by atoms with Crippen molar-refractivity contribution in [3.63, 3.8) is 0 Å². The number of hydrogen-bond donors (Lipinski definition) is 1. The number of primary amides is 1. The third-order valence-electron chi connectivity index (χ3n) is 6.55. The van der Waals surface area contributed by atoms with Gasteiger partial charge < -0.3 is 25.3 Å². The van der Waals surface area contributed by atoms with Crippen molar-refractivity contribution in [2.75, 3.05) is 15.7 Å². The standard InChI is InChI=1S/C23H29ClF3N5O6S/c1-6-30-12-17(18(24)29-30)39(36,37)31-11-14(10-21(2,3)19(28)33)38-16-8-7-13(9-15(16)31)32(20(34)35)22(4,5)23(25,26)27/h7-9,12,14H,6,10-11H2,1-5H3,(H2,28,33)(H,34,35)/p-1/t14-/m1/s1. The largest absolute Gasteiger partial charge is 0.530 e. The molecule has 2 aromatic rings. The van der Waals surface area contributed by atoms with Crippen molar-refractivity contribution < 1.29 is 41.0 Å². The van der Waals surface area contributed by atoms with Gasteiger partial charge in [-0.3, -0.25) is 13.8 Å². The van der Waals surface area contributed by atoms with E-state index >= 15 is 0 Å².